The molecule has 0 aromatic carbocycles. The molecule has 1 rings (SSSR count). The Kier molecular flexibility index (Phi) is 18.6. The minimum absolute atomic E-state index is 0.177. The highest BCUT2D eigenvalue weighted by Gasteiger charge is 2.09. The van der Waals surface area contributed by atoms with E-state index in [-0.39, 0.29) is 12.0 Å². The van der Waals surface area contributed by atoms with Gasteiger partial charge in [-0.1, -0.05) is 38.3 Å². The molecule has 0 saturated carbocycles. The summed E-state index contributed by atoms with van der Waals surface area (Å²) in [6.45, 7) is 12.9. The van der Waals surface area contributed by atoms with Gasteiger partial charge in [0.05, 0.1) is 58.5 Å². The van der Waals surface area contributed by atoms with Gasteiger partial charge >= 0.3 is 0 Å². The summed E-state index contributed by atoms with van der Waals surface area (Å²) in [6.07, 6.45) is 10.0. The molecule has 1 aromatic rings. The fourth-order valence-electron chi connectivity index (χ4n) is 3.34. The molecule has 1 amide bonds. The van der Waals surface area contributed by atoms with Crippen LogP contribution in [-0.4, -0.2) is 72.7 Å². The normalized spacial score (nSPS) is 12.4. The number of nitrogens with one attached hydrogen (secondary N) is 1. The molecule has 0 radical (unpaired) electrons. The summed E-state index contributed by atoms with van der Waals surface area (Å²) < 4.78 is 23.7. The van der Waals surface area contributed by atoms with Crippen molar-refractivity contribution in [2.45, 2.75) is 104 Å². The van der Waals surface area contributed by atoms with E-state index in [1.807, 2.05) is 24.7 Å². The van der Waals surface area contributed by atoms with Crippen LogP contribution in [0.4, 0.5) is 0 Å². The third-order valence-electron chi connectivity index (χ3n) is 5.31. The summed E-state index contributed by atoms with van der Waals surface area (Å²) in [5, 5.41) is 11.5. The SMILES string of the molecule is CCCCC(CC)NC(=O)CCCCCn1cc(COCCOCCOCCOC(C)C)nn1. The largest absolute Gasteiger partial charge is 0.377 e. The highest BCUT2D eigenvalue weighted by Crippen LogP contribution is 2.07. The van der Waals surface area contributed by atoms with Crippen LogP contribution in [0.5, 0.6) is 0 Å². The highest BCUT2D eigenvalue weighted by atomic mass is 16.6. The standard InChI is InChI=1S/C25H48N4O5/c1-5-7-11-23(6-2)26-25(30)12-9-8-10-13-29-20-24(27-28-29)21-33-17-16-31-14-15-32-18-19-34-22(3)4/h20,22-23H,5-19,21H2,1-4H3,(H,26,30). The topological polar surface area (TPSA) is 96.7 Å². The van der Waals surface area contributed by atoms with Crippen molar-refractivity contribution in [3.63, 3.8) is 0 Å². The van der Waals surface area contributed by atoms with E-state index in [9.17, 15) is 4.79 Å². The first kappa shape index (κ1) is 30.5. The van der Waals surface area contributed by atoms with E-state index in [0.29, 0.717) is 58.7 Å². The number of ether oxygens (including phenoxy) is 4. The zero-order chi connectivity index (χ0) is 24.9. The van der Waals surface area contributed by atoms with Crippen molar-refractivity contribution in [3.05, 3.63) is 11.9 Å². The third-order valence-corrected chi connectivity index (χ3v) is 5.31. The van der Waals surface area contributed by atoms with Gasteiger partial charge in [0, 0.05) is 19.0 Å². The van der Waals surface area contributed by atoms with E-state index in [1.165, 1.54) is 12.8 Å². The van der Waals surface area contributed by atoms with Gasteiger partial charge < -0.3 is 24.3 Å². The maximum absolute atomic E-state index is 12.1. The Hall–Kier alpha value is -1.55. The number of nitrogens with zero attached hydrogens (tertiary/aromatic N) is 3. The number of carbonyl (C=O) groups is 1. The zero-order valence-corrected chi connectivity index (χ0v) is 21.9. The number of aromatic nitrogens is 3. The molecule has 0 spiro atoms. The van der Waals surface area contributed by atoms with E-state index >= 15 is 0 Å². The lowest BCUT2D eigenvalue weighted by molar-refractivity contribution is -0.122. The van der Waals surface area contributed by atoms with Gasteiger partial charge in [-0.15, -0.1) is 5.10 Å². The molecule has 0 aliphatic heterocycles. The number of unbranched alkanes of at least 4 members (excludes halogenated alkanes) is 3. The summed E-state index contributed by atoms with van der Waals surface area (Å²) in [4.78, 5) is 12.1. The minimum atomic E-state index is 0.177. The molecular formula is C25H48N4O5. The maximum Gasteiger partial charge on any atom is 0.220 e. The predicted molar refractivity (Wildman–Crippen MR) is 133 cm³/mol. The Labute approximate surface area is 206 Å². The first-order chi connectivity index (χ1) is 16.5. The lowest BCUT2D eigenvalue weighted by atomic mass is 10.1. The molecule has 1 heterocycles. The van der Waals surface area contributed by atoms with Crippen LogP contribution >= 0.6 is 0 Å². The molecule has 0 aliphatic carbocycles. The molecule has 1 atom stereocenters. The van der Waals surface area contributed by atoms with Crippen LogP contribution in [0.25, 0.3) is 0 Å². The average molecular weight is 485 g/mol. The molecule has 1 unspecified atom stereocenters. The Morgan fingerprint density at radius 3 is 2.35 bits per heavy atom. The van der Waals surface area contributed by atoms with Gasteiger partial charge in [-0.05, 0) is 39.5 Å². The van der Waals surface area contributed by atoms with Crippen molar-refractivity contribution >= 4 is 5.91 Å². The first-order valence-electron chi connectivity index (χ1n) is 13.1. The van der Waals surface area contributed by atoms with E-state index in [2.05, 4.69) is 29.5 Å². The van der Waals surface area contributed by atoms with Gasteiger partial charge in [0.1, 0.15) is 5.69 Å². The van der Waals surface area contributed by atoms with Crippen molar-refractivity contribution in [1.29, 1.82) is 0 Å². The van der Waals surface area contributed by atoms with Crippen LogP contribution in [0, 0.1) is 0 Å². The summed E-state index contributed by atoms with van der Waals surface area (Å²) in [5.41, 5.74) is 0.811. The van der Waals surface area contributed by atoms with Gasteiger partial charge in [-0.3, -0.25) is 9.48 Å². The van der Waals surface area contributed by atoms with Crippen molar-refractivity contribution in [2.24, 2.45) is 0 Å². The van der Waals surface area contributed by atoms with Gasteiger partial charge in [0.15, 0.2) is 0 Å². The molecule has 1 N–H and O–H groups in total. The van der Waals surface area contributed by atoms with Crippen LogP contribution in [0.1, 0.15) is 84.8 Å². The molecule has 0 aliphatic rings. The second-order valence-corrected chi connectivity index (χ2v) is 8.80. The fraction of sp³-hybridized carbons (Fsp3) is 0.880. The lowest BCUT2D eigenvalue weighted by Gasteiger charge is -2.16. The molecule has 0 bridgehead atoms. The van der Waals surface area contributed by atoms with Crippen LogP contribution < -0.4 is 5.32 Å². The summed E-state index contributed by atoms with van der Waals surface area (Å²) in [5.74, 6) is 0.177. The van der Waals surface area contributed by atoms with E-state index in [1.54, 1.807) is 0 Å². The van der Waals surface area contributed by atoms with Gasteiger partial charge in [0.2, 0.25) is 5.91 Å². The Balaban J connectivity index is 1.98. The van der Waals surface area contributed by atoms with Crippen molar-refractivity contribution in [1.82, 2.24) is 20.3 Å². The highest BCUT2D eigenvalue weighted by molar-refractivity contribution is 5.76. The molecule has 9 heteroatoms. The second kappa shape index (κ2) is 20.8. The first-order valence-corrected chi connectivity index (χ1v) is 13.1. The summed E-state index contributed by atoms with van der Waals surface area (Å²) >= 11 is 0. The van der Waals surface area contributed by atoms with Crippen LogP contribution in [0.15, 0.2) is 6.20 Å². The van der Waals surface area contributed by atoms with Crippen LogP contribution in [-0.2, 0) is 36.9 Å². The fourth-order valence-corrected chi connectivity index (χ4v) is 3.34. The predicted octanol–water partition coefficient (Wildman–Crippen LogP) is 3.90. The summed E-state index contributed by atoms with van der Waals surface area (Å²) in [6, 6.07) is 0.323. The maximum atomic E-state index is 12.1. The molecule has 0 fully saturated rings. The summed E-state index contributed by atoms with van der Waals surface area (Å²) in [7, 11) is 0. The van der Waals surface area contributed by atoms with Crippen molar-refractivity contribution in [2.75, 3.05) is 39.6 Å². The van der Waals surface area contributed by atoms with Crippen molar-refractivity contribution in [3.8, 4) is 0 Å². The Morgan fingerprint density at radius 2 is 1.68 bits per heavy atom. The van der Waals surface area contributed by atoms with Gasteiger partial charge in [-0.2, -0.15) is 0 Å². The number of hydrogen-bond acceptors (Lipinski definition) is 7. The molecular weight excluding hydrogens is 436 g/mol. The van der Waals surface area contributed by atoms with E-state index in [0.717, 1.165) is 44.3 Å². The second-order valence-electron chi connectivity index (χ2n) is 8.80. The van der Waals surface area contributed by atoms with Crippen LogP contribution in [0.3, 0.4) is 0 Å². The minimum Gasteiger partial charge on any atom is -0.377 e. The van der Waals surface area contributed by atoms with Crippen LogP contribution in [0.2, 0.25) is 0 Å². The average Bonchev–Trinajstić information content (AvgIpc) is 3.27. The smallest absolute Gasteiger partial charge is 0.220 e. The van der Waals surface area contributed by atoms with E-state index in [4.69, 9.17) is 18.9 Å². The number of rotatable bonds is 23. The monoisotopic (exact) mass is 484 g/mol. The molecule has 34 heavy (non-hydrogen) atoms. The zero-order valence-electron chi connectivity index (χ0n) is 21.9. The number of hydrogen-bond donors (Lipinski definition) is 1. The van der Waals surface area contributed by atoms with Gasteiger partial charge in [-0.25, -0.2) is 0 Å². The van der Waals surface area contributed by atoms with Crippen molar-refractivity contribution < 1.29 is 23.7 Å². The number of amides is 1. The molecule has 0 saturated heterocycles. The Morgan fingerprint density at radius 1 is 0.971 bits per heavy atom. The lowest BCUT2D eigenvalue weighted by Crippen LogP contribution is -2.34. The van der Waals surface area contributed by atoms with Gasteiger partial charge in [0.25, 0.3) is 0 Å². The third kappa shape index (κ3) is 17.0. The molecule has 1 aromatic heterocycles. The number of aryl methyl sites for hydroxylation is 1. The van der Waals surface area contributed by atoms with E-state index < -0.39 is 0 Å². The number of carbonyl (C=O) groups excluding carboxylic acids is 1. The molecule has 198 valence electrons. The Bertz CT molecular complexity index is 612. The quantitative estimate of drug-likeness (QED) is 0.235. The molecule has 9 nitrogen and oxygen atoms in total.